The van der Waals surface area contributed by atoms with Crippen LogP contribution in [0.1, 0.15) is 216 Å². The van der Waals surface area contributed by atoms with E-state index in [-0.39, 0.29) is 197 Å². The molecule has 30 nitrogen and oxygen atoms in total. The van der Waals surface area contributed by atoms with E-state index in [1.165, 1.54) is 12.0 Å². The Bertz CT molecular complexity index is 3900. The van der Waals surface area contributed by atoms with Crippen molar-refractivity contribution in [1.29, 1.82) is 0 Å². The number of ether oxygens (including phenoxy) is 15. The average molecular weight is 1780 g/mol. The number of hydrogen-bond donors (Lipinski definition) is 6. The van der Waals surface area contributed by atoms with E-state index in [9.17, 15) is 57.6 Å². The number of carbonyl (C=O) groups excluding carboxylic acids is 6. The number of fused-ring (bicyclic) bond motifs is 9. The fraction of sp³-hybridized carbons (Fsp3) is 0.809. The number of rotatable bonds is 13. The van der Waals surface area contributed by atoms with Gasteiger partial charge in [0.15, 0.2) is 11.6 Å². The van der Waals surface area contributed by atoms with Crippen molar-refractivity contribution < 1.29 is 133 Å². The summed E-state index contributed by atoms with van der Waals surface area (Å²) in [5, 5.41) is 43.3. The Morgan fingerprint density at radius 1 is 0.664 bits per heavy atom. The van der Waals surface area contributed by atoms with Crippen LogP contribution < -0.4 is 5.73 Å². The van der Waals surface area contributed by atoms with Crippen LogP contribution in [0.4, 0.5) is 0 Å². The first-order valence-corrected chi connectivity index (χ1v) is 48.0. The molecule has 14 bridgehead atoms. The normalized spacial score (nSPS) is 43.6. The van der Waals surface area contributed by atoms with Crippen molar-refractivity contribution >= 4 is 45.1 Å². The van der Waals surface area contributed by atoms with Gasteiger partial charge >= 0.3 is 5.97 Å². The molecular formula is C94H146N2O28S. The maximum Gasteiger partial charge on any atom is 0.329 e. The second-order valence-electron chi connectivity index (χ2n) is 38.3. The number of cyclic esters (lactones) is 1. The topological polar surface area (TPSA) is 405 Å². The Morgan fingerprint density at radius 3 is 2.08 bits per heavy atom. The Hall–Kier alpha value is -4.79. The molecule has 34 atom stereocenters. The number of methoxy groups -OCH3 is 4. The summed E-state index contributed by atoms with van der Waals surface area (Å²) in [4.78, 5) is 86.2. The standard InChI is InChI=1S/C53H83NO14.C40H59NO11.CH4O3S/c1-32-16-12-11-13-17-33(2)44(63-8)30-40-21-19-38(7)53(62,68-40)50(59)51(60)54-23-15-14-18-41(54)52(61)67-45(35(4)28-39-20-22-43(66-25-24-55)46(29-39)64-9)31-42(56)34(3)27-37(6)48(58)49(65-10)47(57)36(5)26-32;1-19-11-24-5-7-28-20(2)12-26(45-28)9-10-40-17-33-36(51-40)37-38(50-33)39(52-40)35-29(49-37)8-6-25(47-35)13-22(42)14-27-31(16-30(46-24)21(19)3)48-32(34(27)44-4)15-23(43)18-41;1-5(2,3)4/h11-13,16-17,27,32,34-36,38-41,43-46,48-49,55,58,62H,14-15,18-26,28-31H2,1-10H3;19,23-39,43H,2-3,5-18,41H2,1,4H3;1H3,(H,2,3,4)/b13-11+,16-12+,33-17+,37-27+;;/t32-,34-,35-,36-,38-,39+,40+,41+,43-,44+,45+,46-,48-,49+,53-;19-,23+,24+,25-,26+,27+,28+,29+,30-,31+,32-,33-,34-,35+,36+,37+,38-,39+,40+;/m11./s1. The summed E-state index contributed by atoms with van der Waals surface area (Å²) in [6, 6.07) is -1.14. The van der Waals surface area contributed by atoms with Crippen molar-refractivity contribution in [1.82, 2.24) is 4.90 Å². The van der Waals surface area contributed by atoms with Crippen LogP contribution in [0.2, 0.25) is 0 Å². The molecule has 13 aliphatic heterocycles. The number of Topliss-reactive ketones (excluding diaryl/α,β-unsaturated/α-hetero) is 4. The fourth-order valence-electron chi connectivity index (χ4n) is 21.8. The highest BCUT2D eigenvalue weighted by Gasteiger charge is 2.69. The lowest BCUT2D eigenvalue weighted by Crippen LogP contribution is -2.61. The van der Waals surface area contributed by atoms with Crippen LogP contribution in [-0.4, -0.2) is 292 Å². The van der Waals surface area contributed by atoms with E-state index in [0.717, 1.165) is 68.1 Å². The van der Waals surface area contributed by atoms with Crippen LogP contribution in [0.5, 0.6) is 0 Å². The molecule has 14 rings (SSSR count). The Labute approximate surface area is 739 Å². The van der Waals surface area contributed by atoms with Crippen LogP contribution in [-0.2, 0) is 110 Å². The molecule has 31 heteroatoms. The smallest absolute Gasteiger partial charge is 0.329 e. The predicted octanol–water partition coefficient (Wildman–Crippen LogP) is 9.14. The first-order chi connectivity index (χ1) is 59.4. The molecule has 1 spiro atoms. The molecule has 706 valence electrons. The van der Waals surface area contributed by atoms with Gasteiger partial charge in [-0.2, -0.15) is 8.42 Å². The van der Waals surface area contributed by atoms with Crippen molar-refractivity contribution in [3.05, 3.63) is 71.9 Å². The lowest BCUT2D eigenvalue weighted by Gasteiger charge is -2.47. The van der Waals surface area contributed by atoms with Gasteiger partial charge in [-0.25, -0.2) is 4.79 Å². The Kier molecular flexibility index (Phi) is 36.3. The molecule has 1 saturated carbocycles. The van der Waals surface area contributed by atoms with Crippen LogP contribution in [0.25, 0.3) is 0 Å². The molecule has 14 aliphatic rings. The number of piperidine rings is 1. The number of carbonyl (C=O) groups is 6. The largest absolute Gasteiger partial charge is 0.460 e. The first kappa shape index (κ1) is 101. The number of ketones is 4. The van der Waals surface area contributed by atoms with E-state index in [2.05, 4.69) is 20.1 Å². The van der Waals surface area contributed by atoms with Gasteiger partial charge in [0.05, 0.1) is 111 Å². The molecule has 0 aromatic heterocycles. The molecular weight excluding hydrogens is 1640 g/mol. The molecule has 1 amide bonds. The number of aliphatic hydroxyl groups excluding tert-OH is 3. The fourth-order valence-corrected chi connectivity index (χ4v) is 21.8. The van der Waals surface area contributed by atoms with Gasteiger partial charge in [0.1, 0.15) is 66.4 Å². The number of hydrogen-bond acceptors (Lipinski definition) is 28. The molecule has 1 aliphatic carbocycles. The third-order valence-corrected chi connectivity index (χ3v) is 28.9. The summed E-state index contributed by atoms with van der Waals surface area (Å²) in [5.41, 5.74) is 9.28. The second kappa shape index (κ2) is 45.1. The molecule has 0 aromatic rings. The van der Waals surface area contributed by atoms with Crippen molar-refractivity contribution in [2.45, 2.75) is 374 Å². The number of nitrogens with zero attached hydrogens (tertiary/aromatic N) is 1. The van der Waals surface area contributed by atoms with Gasteiger partial charge in [-0.15, -0.1) is 0 Å². The summed E-state index contributed by atoms with van der Waals surface area (Å²) in [6.07, 6.45) is 17.6. The maximum absolute atomic E-state index is 14.5. The molecule has 12 saturated heterocycles. The molecule has 0 unspecified atom stereocenters. The minimum Gasteiger partial charge on any atom is -0.460 e. The zero-order chi connectivity index (χ0) is 90.7. The SMILES string of the molecule is C=C1C[C@@H]2CC[C@@]34C[C@H]5O[C@H]6[C@@H](O3)[C@H]3O[C@H](CC[C@@H]3O[C@H]6[C@H]5O4)CC(=O)C[C@@H]3[C@@H](OC)[C@@H](C[C@H](O)CN)O[C@H]3C[C@H]3O[C@@H](CC[C@@H]1O2)C[C@@H](C)C3=C.CO[C@H]1C[C@@H]2CC[C@@H](C)[C@@](O)(O2)C(=O)C(=O)N2CCCC[C@H]2C(=O)O[C@H]([C@H](C)C[C@@H]2CC[C@@H](OCCO)[C@H](OC)C2)CC(=O)[C@H](C)/C=C(\C)[C@@H](O)[C@@H](OC)C(=O)[C@H](C)C[C@H](C)/C=C/C=C/C=C/1C.CS(=O)(=O)O. The van der Waals surface area contributed by atoms with Gasteiger partial charge in [0.2, 0.25) is 5.79 Å². The molecule has 13 fully saturated rings. The maximum atomic E-state index is 14.5. The van der Waals surface area contributed by atoms with E-state index < -0.39 is 106 Å². The van der Waals surface area contributed by atoms with E-state index in [1.54, 1.807) is 48.2 Å². The Morgan fingerprint density at radius 2 is 1.37 bits per heavy atom. The lowest BCUT2D eigenvalue weighted by atomic mass is 9.78. The summed E-state index contributed by atoms with van der Waals surface area (Å²) in [6.45, 7) is 24.1. The third-order valence-electron chi connectivity index (χ3n) is 28.9. The first-order valence-electron chi connectivity index (χ1n) is 46.1. The van der Waals surface area contributed by atoms with Crippen molar-refractivity contribution in [3.63, 3.8) is 0 Å². The van der Waals surface area contributed by atoms with Crippen molar-refractivity contribution in [2.24, 2.45) is 53.1 Å². The number of nitrogens with two attached hydrogens (primary N) is 1. The van der Waals surface area contributed by atoms with Crippen LogP contribution in [0, 0.1) is 47.3 Å². The lowest BCUT2D eigenvalue weighted by molar-refractivity contribution is -0.292. The number of aliphatic hydroxyl groups is 4. The summed E-state index contributed by atoms with van der Waals surface area (Å²) < 4.78 is 121. The van der Waals surface area contributed by atoms with Crippen LogP contribution in [0.15, 0.2) is 71.9 Å². The molecule has 0 aromatic carbocycles. The highest BCUT2D eigenvalue weighted by molar-refractivity contribution is 7.85. The zero-order valence-corrected chi connectivity index (χ0v) is 76.7. The highest BCUT2D eigenvalue weighted by Crippen LogP contribution is 2.55. The van der Waals surface area contributed by atoms with Crippen LogP contribution in [0.3, 0.4) is 0 Å². The third kappa shape index (κ3) is 25.3. The van der Waals surface area contributed by atoms with Gasteiger partial charge in [-0.05, 0) is 169 Å². The number of esters is 1. The van der Waals surface area contributed by atoms with Crippen LogP contribution >= 0.6 is 0 Å². The average Bonchev–Trinajstić information content (AvgIpc) is 1.55. The van der Waals surface area contributed by atoms with Gasteiger partial charge in [0.25, 0.3) is 21.8 Å². The zero-order valence-electron chi connectivity index (χ0n) is 75.9. The number of amides is 1. The molecule has 125 heavy (non-hydrogen) atoms. The molecule has 7 N–H and O–H groups in total. The van der Waals surface area contributed by atoms with E-state index in [0.29, 0.717) is 95.3 Å². The van der Waals surface area contributed by atoms with Crippen molar-refractivity contribution in [2.75, 3.05) is 61.0 Å². The second-order valence-corrected chi connectivity index (χ2v) is 39.8. The van der Waals surface area contributed by atoms with E-state index in [4.69, 9.17) is 81.3 Å². The van der Waals surface area contributed by atoms with Gasteiger partial charge in [-0.3, -0.25) is 28.5 Å². The Balaban J connectivity index is 0.000000236. The summed E-state index contributed by atoms with van der Waals surface area (Å²) in [7, 11) is 2.58. The minimum atomic E-state index is -3.67. The van der Waals surface area contributed by atoms with Gasteiger partial charge < -0.3 is 102 Å². The highest BCUT2D eigenvalue weighted by atomic mass is 32.2. The summed E-state index contributed by atoms with van der Waals surface area (Å²) >= 11 is 0. The minimum absolute atomic E-state index is 0.0158. The summed E-state index contributed by atoms with van der Waals surface area (Å²) in [5.74, 6) is -8.58. The van der Waals surface area contributed by atoms with Crippen molar-refractivity contribution in [3.8, 4) is 0 Å². The van der Waals surface area contributed by atoms with E-state index >= 15 is 0 Å². The molecule has 13 heterocycles. The molecule has 0 radical (unpaired) electrons. The predicted molar refractivity (Wildman–Crippen MR) is 460 cm³/mol. The van der Waals surface area contributed by atoms with Gasteiger partial charge in [-0.1, -0.05) is 91.2 Å². The van der Waals surface area contributed by atoms with E-state index in [1.807, 2.05) is 58.1 Å². The van der Waals surface area contributed by atoms with Gasteiger partial charge in [0, 0.05) is 117 Å². The number of allylic oxidation sites excluding steroid dienone is 6. The monoisotopic (exact) mass is 1780 g/mol. The quantitative estimate of drug-likeness (QED) is 0.0433.